The lowest BCUT2D eigenvalue weighted by atomic mass is 9.40. The van der Waals surface area contributed by atoms with Crippen molar-refractivity contribution in [1.29, 1.82) is 0 Å². The van der Waals surface area contributed by atoms with E-state index in [4.69, 9.17) is 4.74 Å². The van der Waals surface area contributed by atoms with Crippen molar-refractivity contribution in [1.82, 2.24) is 0 Å². The summed E-state index contributed by atoms with van der Waals surface area (Å²) in [4.78, 5) is 23.7. The molecule has 0 radical (unpaired) electrons. The number of carboxylic acids is 1. The van der Waals surface area contributed by atoms with Crippen LogP contribution in [-0.2, 0) is 14.3 Å². The number of carbonyl (C=O) groups is 2. The zero-order valence-electron chi connectivity index (χ0n) is 24.4. The van der Waals surface area contributed by atoms with Crippen LogP contribution in [0.15, 0.2) is 23.3 Å². The molecule has 208 valence electrons. The minimum absolute atomic E-state index is 0.0457. The number of hydrogen-bond donors (Lipinski definition) is 2. The standard InChI is InChI=1S/C32H50O5/c1-19(10-9-11-20(2)28(35)36)22-14-17-31(7)23-12-13-25-29(4,5)26(34)15-16-30(25,6)24(23)18-27(32(22,31)8)37-21(3)33/h11-12,19,22,24-27,34H,9-10,13-18H2,1-8H3,(H,35,36)/b20-11+/t19-,22-,24+,25+,26-,27-,30-,31+,32+/m1/s1. The SMILES string of the molecule is CC(=O)O[C@@H]1C[C@H]2C(=CC[C@H]3C(C)(C)[C@H](O)CC[C@]23C)[C@]2(C)CC[C@H]([C@H](C)CC/C=C(\C)C(=O)O)[C@@]12C. The first kappa shape index (κ1) is 28.4. The van der Waals surface area contributed by atoms with Crippen LogP contribution in [0.5, 0.6) is 0 Å². The number of carbonyl (C=O) groups excluding carboxylic acids is 1. The molecule has 0 aromatic rings. The summed E-state index contributed by atoms with van der Waals surface area (Å²) in [5, 5.41) is 20.1. The van der Waals surface area contributed by atoms with Gasteiger partial charge in [-0.2, -0.15) is 0 Å². The first-order valence-electron chi connectivity index (χ1n) is 14.6. The Morgan fingerprint density at radius 3 is 2.43 bits per heavy atom. The second kappa shape index (κ2) is 9.54. The van der Waals surface area contributed by atoms with E-state index in [0.29, 0.717) is 29.2 Å². The van der Waals surface area contributed by atoms with E-state index in [0.717, 1.165) is 51.4 Å². The lowest BCUT2D eigenvalue weighted by Gasteiger charge is -2.65. The van der Waals surface area contributed by atoms with Crippen molar-refractivity contribution in [2.75, 3.05) is 0 Å². The van der Waals surface area contributed by atoms with Crippen LogP contribution in [0.2, 0.25) is 0 Å². The molecule has 5 heteroatoms. The Balaban J connectivity index is 1.71. The molecule has 0 aromatic carbocycles. The van der Waals surface area contributed by atoms with Crippen molar-refractivity contribution in [2.45, 2.75) is 119 Å². The van der Waals surface area contributed by atoms with E-state index in [1.165, 1.54) is 0 Å². The predicted octanol–water partition coefficient (Wildman–Crippen LogP) is 6.94. The van der Waals surface area contributed by atoms with Gasteiger partial charge in [0.25, 0.3) is 0 Å². The number of aliphatic hydroxyl groups excluding tert-OH is 1. The minimum atomic E-state index is -0.851. The Kier molecular flexibility index (Phi) is 7.32. The zero-order valence-corrected chi connectivity index (χ0v) is 24.4. The summed E-state index contributed by atoms with van der Waals surface area (Å²) in [6, 6.07) is 0. The number of carboxylic acid groups (broad SMARTS) is 1. The molecule has 4 rings (SSSR count). The summed E-state index contributed by atoms with van der Waals surface area (Å²) in [7, 11) is 0. The third kappa shape index (κ3) is 4.22. The van der Waals surface area contributed by atoms with E-state index in [1.807, 2.05) is 6.08 Å². The Bertz CT molecular complexity index is 993. The van der Waals surface area contributed by atoms with Crippen molar-refractivity contribution >= 4 is 11.9 Å². The van der Waals surface area contributed by atoms with Crippen LogP contribution in [0.25, 0.3) is 0 Å². The van der Waals surface area contributed by atoms with Crippen LogP contribution >= 0.6 is 0 Å². The first-order valence-corrected chi connectivity index (χ1v) is 14.6. The summed E-state index contributed by atoms with van der Waals surface area (Å²) < 4.78 is 6.27. The van der Waals surface area contributed by atoms with E-state index in [1.54, 1.807) is 19.4 Å². The molecular formula is C32H50O5. The van der Waals surface area contributed by atoms with Gasteiger partial charge >= 0.3 is 11.9 Å². The number of allylic oxidation sites excluding steroid dienone is 3. The highest BCUT2D eigenvalue weighted by atomic mass is 16.5. The van der Waals surface area contributed by atoms with Crippen molar-refractivity contribution in [3.63, 3.8) is 0 Å². The maximum atomic E-state index is 12.5. The lowest BCUT2D eigenvalue weighted by Crippen LogP contribution is -2.62. The van der Waals surface area contributed by atoms with Crippen LogP contribution in [-0.4, -0.2) is 34.4 Å². The normalized spacial score (nSPS) is 43.6. The number of esters is 1. The lowest BCUT2D eigenvalue weighted by molar-refractivity contribution is -0.184. The van der Waals surface area contributed by atoms with Gasteiger partial charge in [-0.1, -0.05) is 59.3 Å². The van der Waals surface area contributed by atoms with Gasteiger partial charge in [0.15, 0.2) is 0 Å². The molecule has 0 unspecified atom stereocenters. The largest absolute Gasteiger partial charge is 0.478 e. The van der Waals surface area contributed by atoms with Gasteiger partial charge in [-0.15, -0.1) is 0 Å². The van der Waals surface area contributed by atoms with Crippen molar-refractivity contribution in [2.24, 2.45) is 45.3 Å². The maximum absolute atomic E-state index is 12.5. The highest BCUT2D eigenvalue weighted by molar-refractivity contribution is 5.85. The zero-order chi connectivity index (χ0) is 27.6. The number of fused-ring (bicyclic) bond motifs is 5. The third-order valence-corrected chi connectivity index (χ3v) is 12.3. The molecule has 4 aliphatic carbocycles. The number of rotatable bonds is 6. The average Bonchev–Trinajstić information content (AvgIpc) is 3.09. The van der Waals surface area contributed by atoms with Crippen LogP contribution in [0.4, 0.5) is 0 Å². The minimum Gasteiger partial charge on any atom is -0.478 e. The second-order valence-corrected chi connectivity index (χ2v) is 14.2. The molecule has 0 amide bonds. The monoisotopic (exact) mass is 514 g/mol. The molecule has 0 saturated heterocycles. The Labute approximate surface area is 224 Å². The summed E-state index contributed by atoms with van der Waals surface area (Å²) in [5.74, 6) is 0.513. The fourth-order valence-corrected chi connectivity index (χ4v) is 9.84. The molecule has 2 N–H and O–H groups in total. The molecule has 0 heterocycles. The summed E-state index contributed by atoms with van der Waals surface area (Å²) >= 11 is 0. The smallest absolute Gasteiger partial charge is 0.330 e. The molecule has 37 heavy (non-hydrogen) atoms. The molecule has 9 atom stereocenters. The predicted molar refractivity (Wildman–Crippen MR) is 146 cm³/mol. The van der Waals surface area contributed by atoms with Gasteiger partial charge in [-0.3, -0.25) is 4.79 Å². The molecule has 3 fully saturated rings. The van der Waals surface area contributed by atoms with Gasteiger partial charge in [0.1, 0.15) is 6.10 Å². The number of aliphatic hydroxyl groups is 1. The average molecular weight is 515 g/mol. The van der Waals surface area contributed by atoms with E-state index in [-0.39, 0.29) is 39.8 Å². The molecule has 0 aromatic heterocycles. The van der Waals surface area contributed by atoms with Crippen molar-refractivity contribution in [3.05, 3.63) is 23.3 Å². The van der Waals surface area contributed by atoms with Gasteiger partial charge in [0, 0.05) is 17.9 Å². The number of hydrogen-bond acceptors (Lipinski definition) is 4. The highest BCUT2D eigenvalue weighted by Gasteiger charge is 2.69. The fourth-order valence-electron chi connectivity index (χ4n) is 9.84. The number of aliphatic carboxylic acids is 1. The van der Waals surface area contributed by atoms with Crippen molar-refractivity contribution in [3.8, 4) is 0 Å². The van der Waals surface area contributed by atoms with E-state index in [9.17, 15) is 19.8 Å². The van der Waals surface area contributed by atoms with Gasteiger partial charge in [0.2, 0.25) is 0 Å². The first-order chi connectivity index (χ1) is 17.1. The molecule has 5 nitrogen and oxygen atoms in total. The van der Waals surface area contributed by atoms with Crippen LogP contribution in [0, 0.1) is 45.3 Å². The molecule has 3 saturated carbocycles. The third-order valence-electron chi connectivity index (χ3n) is 12.3. The van der Waals surface area contributed by atoms with Gasteiger partial charge < -0.3 is 14.9 Å². The molecule has 0 aliphatic heterocycles. The van der Waals surface area contributed by atoms with E-state index >= 15 is 0 Å². The second-order valence-electron chi connectivity index (χ2n) is 14.2. The fraction of sp³-hybridized carbons (Fsp3) is 0.812. The molecule has 0 bridgehead atoms. The summed E-state index contributed by atoms with van der Waals surface area (Å²) in [6.07, 6.45) is 11.6. The molecule has 4 aliphatic rings. The summed E-state index contributed by atoms with van der Waals surface area (Å²) in [6.45, 7) is 17.3. The van der Waals surface area contributed by atoms with Crippen LogP contribution in [0.3, 0.4) is 0 Å². The topological polar surface area (TPSA) is 83.8 Å². The maximum Gasteiger partial charge on any atom is 0.330 e. The number of ether oxygens (including phenoxy) is 1. The molecular weight excluding hydrogens is 464 g/mol. The van der Waals surface area contributed by atoms with Gasteiger partial charge in [-0.05, 0) is 98.2 Å². The molecule has 0 spiro atoms. The Hall–Kier alpha value is -1.62. The van der Waals surface area contributed by atoms with E-state index in [2.05, 4.69) is 47.6 Å². The van der Waals surface area contributed by atoms with Gasteiger partial charge in [-0.25, -0.2) is 4.79 Å². The quantitative estimate of drug-likeness (QED) is 0.228. The highest BCUT2D eigenvalue weighted by Crippen LogP contribution is 2.73. The van der Waals surface area contributed by atoms with E-state index < -0.39 is 5.97 Å². The Morgan fingerprint density at radius 2 is 1.81 bits per heavy atom. The van der Waals surface area contributed by atoms with Crippen molar-refractivity contribution < 1.29 is 24.5 Å². The van der Waals surface area contributed by atoms with Crippen LogP contribution in [0.1, 0.15) is 107 Å². The Morgan fingerprint density at radius 1 is 1.14 bits per heavy atom. The van der Waals surface area contributed by atoms with Gasteiger partial charge in [0.05, 0.1) is 6.10 Å². The van der Waals surface area contributed by atoms with Crippen LogP contribution < -0.4 is 0 Å². The summed E-state index contributed by atoms with van der Waals surface area (Å²) in [5.41, 5.74) is 1.72.